The maximum Gasteiger partial charge on any atom is 0.0200 e. The third kappa shape index (κ3) is 2.47. The fraction of sp³-hybridized carbons (Fsp3) is 0.133. The van der Waals surface area contributed by atoms with Crippen molar-refractivity contribution in [3.63, 3.8) is 0 Å². The van der Waals surface area contributed by atoms with Crippen LogP contribution in [0.2, 0.25) is 0 Å². The van der Waals surface area contributed by atoms with Gasteiger partial charge >= 0.3 is 0 Å². The molecule has 2 atom stereocenters. The first-order valence-corrected chi connectivity index (χ1v) is 10.8. The molecule has 0 bridgehead atoms. The molecule has 0 saturated carbocycles. The van der Waals surface area contributed by atoms with Crippen molar-refractivity contribution >= 4 is 17.7 Å². The minimum atomic E-state index is -0.0533. The average molecular weight is 385 g/mol. The largest absolute Gasteiger partial charge is 0.0836 e. The average Bonchev–Trinajstić information content (AvgIpc) is 3.45. The molecule has 0 N–H and O–H groups in total. The van der Waals surface area contributed by atoms with E-state index in [1.54, 1.807) is 0 Å². The van der Waals surface area contributed by atoms with Gasteiger partial charge in [0.25, 0.3) is 0 Å². The Morgan fingerprint density at radius 1 is 0.633 bits per heavy atom. The predicted octanol–water partition coefficient (Wildman–Crippen LogP) is 7.64. The zero-order valence-corrected chi connectivity index (χ0v) is 16.9. The van der Waals surface area contributed by atoms with Gasteiger partial charge in [-0.15, -0.1) is 0 Å². The molecule has 3 aromatic carbocycles. The van der Waals surface area contributed by atoms with Crippen molar-refractivity contribution in [1.29, 1.82) is 0 Å². The molecule has 0 radical (unpaired) electrons. The van der Waals surface area contributed by atoms with Gasteiger partial charge in [0.2, 0.25) is 0 Å². The van der Waals surface area contributed by atoms with E-state index in [1.807, 2.05) is 0 Å². The molecule has 0 nitrogen and oxygen atoms in total. The lowest BCUT2D eigenvalue weighted by atomic mass is 9.55. The summed E-state index contributed by atoms with van der Waals surface area (Å²) in [5, 5.41) is 0. The first-order valence-electron chi connectivity index (χ1n) is 10.8. The molecule has 0 amide bonds. The molecule has 0 fully saturated rings. The Morgan fingerprint density at radius 2 is 1.20 bits per heavy atom. The smallest absolute Gasteiger partial charge is 0.0200 e. The molecule has 0 heterocycles. The van der Waals surface area contributed by atoms with Gasteiger partial charge in [-0.1, -0.05) is 121 Å². The SMILES string of the molecule is C1=CCC(C2C=Cc3ccccc32)(C2C=Cc3ccccc32)C(c2ccccc2)=C1. The monoisotopic (exact) mass is 384 g/mol. The molecular formula is C30H24. The van der Waals surface area contributed by atoms with E-state index in [9.17, 15) is 0 Å². The first kappa shape index (κ1) is 17.5. The van der Waals surface area contributed by atoms with E-state index in [-0.39, 0.29) is 5.41 Å². The normalized spacial score (nSPS) is 25.8. The molecular weight excluding hydrogens is 360 g/mol. The highest BCUT2D eigenvalue weighted by molar-refractivity contribution is 5.80. The molecule has 0 aromatic heterocycles. The third-order valence-corrected chi connectivity index (χ3v) is 7.15. The van der Waals surface area contributed by atoms with Gasteiger partial charge in [-0.2, -0.15) is 0 Å². The molecule has 0 spiro atoms. The van der Waals surface area contributed by atoms with Crippen LogP contribution in [-0.2, 0) is 0 Å². The molecule has 6 rings (SSSR count). The summed E-state index contributed by atoms with van der Waals surface area (Å²) >= 11 is 0. The van der Waals surface area contributed by atoms with Gasteiger partial charge < -0.3 is 0 Å². The van der Waals surface area contributed by atoms with Crippen molar-refractivity contribution in [2.75, 3.05) is 0 Å². The summed E-state index contributed by atoms with van der Waals surface area (Å²) in [4.78, 5) is 0. The fourth-order valence-corrected chi connectivity index (χ4v) is 5.85. The molecule has 0 heteroatoms. The van der Waals surface area contributed by atoms with Gasteiger partial charge in [-0.3, -0.25) is 0 Å². The van der Waals surface area contributed by atoms with E-state index in [0.29, 0.717) is 11.8 Å². The van der Waals surface area contributed by atoms with Gasteiger partial charge in [0, 0.05) is 17.3 Å². The van der Waals surface area contributed by atoms with Crippen molar-refractivity contribution in [2.45, 2.75) is 18.3 Å². The summed E-state index contributed by atoms with van der Waals surface area (Å²) in [6.07, 6.45) is 17.6. The van der Waals surface area contributed by atoms with Crippen LogP contribution in [0.15, 0.2) is 109 Å². The Balaban J connectivity index is 1.61. The number of benzene rings is 3. The van der Waals surface area contributed by atoms with Crippen LogP contribution in [0, 0.1) is 5.41 Å². The Morgan fingerprint density at radius 3 is 1.83 bits per heavy atom. The van der Waals surface area contributed by atoms with Gasteiger partial charge in [-0.05, 0) is 39.8 Å². The summed E-state index contributed by atoms with van der Waals surface area (Å²) < 4.78 is 0. The minimum Gasteiger partial charge on any atom is -0.0836 e. The molecule has 2 unspecified atom stereocenters. The summed E-state index contributed by atoms with van der Waals surface area (Å²) in [5.74, 6) is 0.678. The minimum absolute atomic E-state index is 0.0533. The van der Waals surface area contributed by atoms with Gasteiger partial charge in [0.15, 0.2) is 0 Å². The summed E-state index contributed by atoms with van der Waals surface area (Å²) in [6, 6.07) is 28.8. The molecule has 30 heavy (non-hydrogen) atoms. The van der Waals surface area contributed by atoms with Gasteiger partial charge in [-0.25, -0.2) is 0 Å². The van der Waals surface area contributed by atoms with E-state index >= 15 is 0 Å². The second kappa shape index (κ2) is 6.85. The predicted molar refractivity (Wildman–Crippen MR) is 127 cm³/mol. The summed E-state index contributed by atoms with van der Waals surface area (Å²) in [7, 11) is 0. The third-order valence-electron chi connectivity index (χ3n) is 7.15. The number of allylic oxidation sites excluding steroid dienone is 6. The second-order valence-corrected chi connectivity index (χ2v) is 8.55. The quantitative estimate of drug-likeness (QED) is 0.435. The summed E-state index contributed by atoms with van der Waals surface area (Å²) in [6.45, 7) is 0. The topological polar surface area (TPSA) is 0 Å². The number of hydrogen-bond acceptors (Lipinski definition) is 0. The number of rotatable bonds is 3. The van der Waals surface area contributed by atoms with Crippen LogP contribution in [0.4, 0.5) is 0 Å². The second-order valence-electron chi connectivity index (χ2n) is 8.55. The van der Waals surface area contributed by atoms with E-state index in [0.717, 1.165) is 6.42 Å². The van der Waals surface area contributed by atoms with E-state index in [2.05, 4.69) is 121 Å². The van der Waals surface area contributed by atoms with E-state index < -0.39 is 0 Å². The Bertz CT molecular complexity index is 1160. The molecule has 3 aliphatic carbocycles. The highest BCUT2D eigenvalue weighted by Crippen LogP contribution is 2.63. The number of hydrogen-bond donors (Lipinski definition) is 0. The zero-order chi connectivity index (χ0) is 20.0. The highest BCUT2D eigenvalue weighted by atomic mass is 14.5. The van der Waals surface area contributed by atoms with Crippen molar-refractivity contribution in [1.82, 2.24) is 0 Å². The van der Waals surface area contributed by atoms with Crippen LogP contribution in [-0.4, -0.2) is 0 Å². The Labute approximate surface area is 178 Å². The van der Waals surface area contributed by atoms with E-state index in [4.69, 9.17) is 0 Å². The molecule has 3 aromatic rings. The van der Waals surface area contributed by atoms with Crippen molar-refractivity contribution in [3.05, 3.63) is 137 Å². The lowest BCUT2D eigenvalue weighted by Crippen LogP contribution is -2.35. The fourth-order valence-electron chi connectivity index (χ4n) is 5.85. The van der Waals surface area contributed by atoms with Crippen LogP contribution in [0.1, 0.15) is 46.1 Å². The van der Waals surface area contributed by atoms with Crippen molar-refractivity contribution < 1.29 is 0 Å². The zero-order valence-electron chi connectivity index (χ0n) is 16.9. The lowest BCUT2D eigenvalue weighted by molar-refractivity contribution is 0.325. The van der Waals surface area contributed by atoms with Crippen LogP contribution >= 0.6 is 0 Å². The maximum absolute atomic E-state index is 2.45. The first-order chi connectivity index (χ1) is 14.9. The van der Waals surface area contributed by atoms with E-state index in [1.165, 1.54) is 33.4 Å². The molecule has 0 saturated heterocycles. The molecule has 144 valence electrons. The van der Waals surface area contributed by atoms with Crippen LogP contribution in [0.3, 0.4) is 0 Å². The van der Waals surface area contributed by atoms with Crippen LogP contribution < -0.4 is 0 Å². The van der Waals surface area contributed by atoms with Crippen molar-refractivity contribution in [2.24, 2.45) is 5.41 Å². The maximum atomic E-state index is 2.45. The Hall–Kier alpha value is -3.38. The highest BCUT2D eigenvalue weighted by Gasteiger charge is 2.50. The summed E-state index contributed by atoms with van der Waals surface area (Å²) in [5.41, 5.74) is 8.35. The van der Waals surface area contributed by atoms with Crippen LogP contribution in [0.25, 0.3) is 17.7 Å². The molecule has 3 aliphatic rings. The lowest BCUT2D eigenvalue weighted by Gasteiger charge is -2.47. The van der Waals surface area contributed by atoms with Crippen molar-refractivity contribution in [3.8, 4) is 0 Å². The number of fused-ring (bicyclic) bond motifs is 2. The molecule has 0 aliphatic heterocycles. The van der Waals surface area contributed by atoms with Gasteiger partial charge in [0.05, 0.1) is 0 Å². The van der Waals surface area contributed by atoms with Crippen LogP contribution in [0.5, 0.6) is 0 Å². The van der Waals surface area contributed by atoms with Gasteiger partial charge in [0.1, 0.15) is 0 Å². The standard InChI is InChI=1S/C30H24/c1-2-12-24(13-3-1)27-16-8-9-21-30(27,28-19-17-22-10-4-6-14-25(22)28)29-20-18-23-11-5-7-15-26(23)29/h1-20,28-29H,21H2. The Kier molecular flexibility index (Phi) is 3.99.